The van der Waals surface area contributed by atoms with Crippen LogP contribution in [0.4, 0.5) is 5.69 Å². The van der Waals surface area contributed by atoms with Gasteiger partial charge in [0.15, 0.2) is 0 Å². The topological polar surface area (TPSA) is 55.1 Å². The zero-order chi connectivity index (χ0) is 13.8. The maximum atomic E-state index is 12.0. The van der Waals surface area contributed by atoms with Gasteiger partial charge in [-0.2, -0.15) is 0 Å². The summed E-state index contributed by atoms with van der Waals surface area (Å²) in [4.78, 5) is 12.0. The number of carbonyl (C=O) groups excluding carboxylic acids is 1. The van der Waals surface area contributed by atoms with Crippen LogP contribution in [0, 0.1) is 0 Å². The molecule has 0 saturated carbocycles. The van der Waals surface area contributed by atoms with E-state index in [1.54, 1.807) is 0 Å². The van der Waals surface area contributed by atoms with E-state index in [-0.39, 0.29) is 5.91 Å². The molecule has 0 spiro atoms. The minimum absolute atomic E-state index is 0.130. The molecule has 1 atom stereocenters. The normalized spacial score (nSPS) is 12.4. The van der Waals surface area contributed by atoms with E-state index in [4.69, 9.17) is 5.73 Å². The number of benzene rings is 2. The Morgan fingerprint density at radius 3 is 2.63 bits per heavy atom. The lowest BCUT2D eigenvalue weighted by atomic mass is 10.1. The summed E-state index contributed by atoms with van der Waals surface area (Å²) in [6, 6.07) is 11.3. The van der Waals surface area contributed by atoms with E-state index in [0.29, 0.717) is 6.42 Å². The number of amides is 1. The molecule has 0 radical (unpaired) electrons. The summed E-state index contributed by atoms with van der Waals surface area (Å²) in [5.74, 6) is -0.130. The molecule has 1 amide bonds. The van der Waals surface area contributed by atoms with E-state index in [1.165, 1.54) is 0 Å². The van der Waals surface area contributed by atoms with Gasteiger partial charge >= 0.3 is 0 Å². The highest BCUT2D eigenvalue weighted by Crippen LogP contribution is 2.29. The minimum atomic E-state index is -0.451. The van der Waals surface area contributed by atoms with Crippen molar-refractivity contribution in [3.63, 3.8) is 0 Å². The fourth-order valence-electron chi connectivity index (χ4n) is 2.04. The molecule has 2 rings (SSSR count). The molecule has 0 unspecified atom stereocenters. The van der Waals surface area contributed by atoms with Gasteiger partial charge in [-0.3, -0.25) is 4.79 Å². The van der Waals surface area contributed by atoms with Crippen molar-refractivity contribution in [3.05, 3.63) is 40.9 Å². The van der Waals surface area contributed by atoms with Crippen LogP contribution in [0.3, 0.4) is 0 Å². The molecule has 3 nitrogen and oxygen atoms in total. The summed E-state index contributed by atoms with van der Waals surface area (Å²) in [7, 11) is 0. The Morgan fingerprint density at radius 1 is 1.26 bits per heavy atom. The van der Waals surface area contributed by atoms with Crippen LogP contribution < -0.4 is 11.1 Å². The first-order valence-electron chi connectivity index (χ1n) is 6.37. The van der Waals surface area contributed by atoms with Gasteiger partial charge in [-0.15, -0.1) is 0 Å². The molecule has 0 saturated heterocycles. The first-order chi connectivity index (χ1) is 9.13. The van der Waals surface area contributed by atoms with Crippen molar-refractivity contribution in [2.45, 2.75) is 25.8 Å². The molecule has 0 aliphatic rings. The lowest BCUT2D eigenvalue weighted by Crippen LogP contribution is -2.35. The van der Waals surface area contributed by atoms with Crippen LogP contribution in [-0.4, -0.2) is 11.9 Å². The first-order valence-corrected chi connectivity index (χ1v) is 7.16. The van der Waals surface area contributed by atoms with E-state index in [9.17, 15) is 4.79 Å². The van der Waals surface area contributed by atoms with Crippen molar-refractivity contribution in [3.8, 4) is 0 Å². The smallest absolute Gasteiger partial charge is 0.241 e. The average Bonchev–Trinajstić information content (AvgIpc) is 2.42. The molecule has 2 aromatic rings. The number of rotatable bonds is 4. The highest BCUT2D eigenvalue weighted by molar-refractivity contribution is 9.10. The summed E-state index contributed by atoms with van der Waals surface area (Å²) in [6.07, 6.45) is 1.59. The van der Waals surface area contributed by atoms with Gasteiger partial charge in [0.25, 0.3) is 0 Å². The van der Waals surface area contributed by atoms with E-state index in [1.807, 2.05) is 43.3 Å². The fourth-order valence-corrected chi connectivity index (χ4v) is 2.52. The van der Waals surface area contributed by atoms with Crippen molar-refractivity contribution in [1.82, 2.24) is 0 Å². The second-order valence-corrected chi connectivity index (χ2v) is 5.38. The predicted molar refractivity (Wildman–Crippen MR) is 83.2 cm³/mol. The third kappa shape index (κ3) is 3.14. The molecule has 0 fully saturated rings. The SMILES string of the molecule is CCC[C@H](N)C(=O)Nc1ccc(Br)c2ccccc12. The van der Waals surface area contributed by atoms with Crippen LogP contribution >= 0.6 is 15.9 Å². The Hall–Kier alpha value is -1.39. The van der Waals surface area contributed by atoms with Gasteiger partial charge in [-0.1, -0.05) is 53.5 Å². The standard InChI is InChI=1S/C15H17BrN2O/c1-2-5-13(17)15(19)18-14-9-8-12(16)10-6-3-4-7-11(10)14/h3-4,6-9,13H,2,5,17H2,1H3,(H,18,19)/t13-/m0/s1. The van der Waals surface area contributed by atoms with Crippen molar-refractivity contribution in [2.75, 3.05) is 5.32 Å². The molecule has 0 aliphatic heterocycles. The monoisotopic (exact) mass is 320 g/mol. The number of halogens is 1. The third-order valence-corrected chi connectivity index (χ3v) is 3.76. The zero-order valence-corrected chi connectivity index (χ0v) is 12.4. The number of hydrogen-bond acceptors (Lipinski definition) is 2. The van der Waals surface area contributed by atoms with Crippen molar-refractivity contribution in [2.24, 2.45) is 5.73 Å². The average molecular weight is 321 g/mol. The number of nitrogens with one attached hydrogen (secondary N) is 1. The van der Waals surface area contributed by atoms with Crippen LogP contribution in [0.1, 0.15) is 19.8 Å². The summed E-state index contributed by atoms with van der Waals surface area (Å²) >= 11 is 3.51. The number of hydrogen-bond donors (Lipinski definition) is 2. The molecule has 0 heterocycles. The predicted octanol–water partition coefficient (Wildman–Crippen LogP) is 3.67. The highest BCUT2D eigenvalue weighted by atomic mass is 79.9. The van der Waals surface area contributed by atoms with Gasteiger partial charge in [-0.05, 0) is 23.9 Å². The molecule has 0 aromatic heterocycles. The molecule has 3 N–H and O–H groups in total. The van der Waals surface area contributed by atoms with Gasteiger partial charge in [0.05, 0.1) is 6.04 Å². The van der Waals surface area contributed by atoms with Crippen LogP contribution in [-0.2, 0) is 4.79 Å². The maximum Gasteiger partial charge on any atom is 0.241 e. The minimum Gasteiger partial charge on any atom is -0.324 e. The van der Waals surface area contributed by atoms with Gasteiger partial charge in [0, 0.05) is 15.5 Å². The largest absolute Gasteiger partial charge is 0.324 e. The molecule has 2 aromatic carbocycles. The first kappa shape index (κ1) is 14.0. The van der Waals surface area contributed by atoms with Crippen molar-refractivity contribution in [1.29, 1.82) is 0 Å². The summed E-state index contributed by atoms with van der Waals surface area (Å²) in [5.41, 5.74) is 6.63. The Labute approximate surface area is 121 Å². The zero-order valence-electron chi connectivity index (χ0n) is 10.8. The third-order valence-electron chi connectivity index (χ3n) is 3.07. The van der Waals surface area contributed by atoms with Crippen molar-refractivity contribution < 1.29 is 4.79 Å². The van der Waals surface area contributed by atoms with E-state index in [0.717, 1.165) is 27.4 Å². The summed E-state index contributed by atoms with van der Waals surface area (Å²) in [5, 5.41) is 4.99. The lowest BCUT2D eigenvalue weighted by molar-refractivity contribution is -0.117. The van der Waals surface area contributed by atoms with E-state index in [2.05, 4.69) is 21.2 Å². The number of carbonyl (C=O) groups is 1. The lowest BCUT2D eigenvalue weighted by Gasteiger charge is -2.13. The quantitative estimate of drug-likeness (QED) is 0.903. The summed E-state index contributed by atoms with van der Waals surface area (Å²) < 4.78 is 1.01. The Kier molecular flexibility index (Phi) is 4.56. The van der Waals surface area contributed by atoms with Crippen molar-refractivity contribution >= 4 is 38.3 Å². The Balaban J connectivity index is 2.31. The van der Waals surface area contributed by atoms with E-state index < -0.39 is 6.04 Å². The number of nitrogens with two attached hydrogens (primary N) is 1. The fraction of sp³-hybridized carbons (Fsp3) is 0.267. The molecule has 4 heteroatoms. The van der Waals surface area contributed by atoms with Gasteiger partial charge < -0.3 is 11.1 Å². The van der Waals surface area contributed by atoms with Crippen LogP contribution in [0.5, 0.6) is 0 Å². The molecular formula is C15H17BrN2O. The Morgan fingerprint density at radius 2 is 1.95 bits per heavy atom. The molecule has 19 heavy (non-hydrogen) atoms. The molecule has 0 bridgehead atoms. The molecule has 0 aliphatic carbocycles. The van der Waals surface area contributed by atoms with Gasteiger partial charge in [0.1, 0.15) is 0 Å². The molecule has 100 valence electrons. The van der Waals surface area contributed by atoms with Crippen LogP contribution in [0.2, 0.25) is 0 Å². The molecular weight excluding hydrogens is 304 g/mol. The second kappa shape index (κ2) is 6.17. The van der Waals surface area contributed by atoms with Crippen LogP contribution in [0.15, 0.2) is 40.9 Å². The Bertz CT molecular complexity index is 598. The maximum absolute atomic E-state index is 12.0. The van der Waals surface area contributed by atoms with E-state index >= 15 is 0 Å². The van der Waals surface area contributed by atoms with Gasteiger partial charge in [0.2, 0.25) is 5.91 Å². The second-order valence-electron chi connectivity index (χ2n) is 4.52. The number of anilines is 1. The number of fused-ring (bicyclic) bond motifs is 1. The highest BCUT2D eigenvalue weighted by Gasteiger charge is 2.13. The van der Waals surface area contributed by atoms with Crippen LogP contribution in [0.25, 0.3) is 10.8 Å². The van der Waals surface area contributed by atoms with Gasteiger partial charge in [-0.25, -0.2) is 0 Å². The summed E-state index contributed by atoms with van der Waals surface area (Å²) in [6.45, 7) is 2.02.